The summed E-state index contributed by atoms with van der Waals surface area (Å²) in [7, 11) is 0. The third kappa shape index (κ3) is 5.89. The Kier molecular flexibility index (Phi) is 7.58. The number of ether oxygens (including phenoxy) is 1. The lowest BCUT2D eigenvalue weighted by atomic mass is 10.0. The van der Waals surface area contributed by atoms with Crippen molar-refractivity contribution in [2.24, 2.45) is 0 Å². The molecular formula is C34H31N5O2. The molecule has 0 aliphatic carbocycles. The van der Waals surface area contributed by atoms with Gasteiger partial charge in [0.1, 0.15) is 17.2 Å². The van der Waals surface area contributed by atoms with Crippen LogP contribution >= 0.6 is 0 Å². The lowest BCUT2D eigenvalue weighted by Gasteiger charge is -2.25. The van der Waals surface area contributed by atoms with Gasteiger partial charge in [0.15, 0.2) is 5.82 Å². The zero-order valence-electron chi connectivity index (χ0n) is 22.9. The molecule has 7 nitrogen and oxygen atoms in total. The number of imidazole rings is 1. The second kappa shape index (κ2) is 11.9. The number of fused-ring (bicyclic) bond motifs is 2. The molecule has 7 heteroatoms. The average molecular weight is 542 g/mol. The zero-order valence-corrected chi connectivity index (χ0v) is 22.9. The number of pyridine rings is 1. The molecule has 0 bridgehead atoms. The minimum absolute atomic E-state index is 0.271. The van der Waals surface area contributed by atoms with Gasteiger partial charge >= 0.3 is 6.09 Å². The number of carbonyl (C=O) groups excluding carboxylic acids is 1. The SMILES string of the molecule is CCOC(=O)Nc1cc2[nH]c(-c3cccc4ccccc34)nc2c(N(CCc2ccccc2)Cc2ccccc2)n1. The van der Waals surface area contributed by atoms with Gasteiger partial charge in [0.05, 0.1) is 12.1 Å². The second-order valence-corrected chi connectivity index (χ2v) is 9.83. The number of nitrogens with one attached hydrogen (secondary N) is 2. The highest BCUT2D eigenvalue weighted by Gasteiger charge is 2.20. The number of aromatic nitrogens is 3. The molecule has 0 saturated carbocycles. The zero-order chi connectivity index (χ0) is 28.0. The van der Waals surface area contributed by atoms with Gasteiger partial charge in [-0.2, -0.15) is 0 Å². The number of rotatable bonds is 9. The van der Waals surface area contributed by atoms with E-state index in [1.165, 1.54) is 5.56 Å². The Morgan fingerprint density at radius 3 is 2.34 bits per heavy atom. The van der Waals surface area contributed by atoms with Gasteiger partial charge in [-0.05, 0) is 35.2 Å². The van der Waals surface area contributed by atoms with Crippen LogP contribution in [0.3, 0.4) is 0 Å². The van der Waals surface area contributed by atoms with Gasteiger partial charge in [0.25, 0.3) is 0 Å². The van der Waals surface area contributed by atoms with E-state index >= 15 is 0 Å². The van der Waals surface area contributed by atoms with E-state index in [2.05, 4.69) is 75.9 Å². The number of amides is 1. The Morgan fingerprint density at radius 1 is 0.854 bits per heavy atom. The van der Waals surface area contributed by atoms with Gasteiger partial charge in [-0.1, -0.05) is 103 Å². The lowest BCUT2D eigenvalue weighted by Crippen LogP contribution is -2.27. The van der Waals surface area contributed by atoms with E-state index in [0.29, 0.717) is 24.7 Å². The van der Waals surface area contributed by atoms with Crippen LogP contribution in [0.15, 0.2) is 109 Å². The standard InChI is InChI=1S/C34H31N5O2/c1-2-41-34(40)37-30-22-29-31(38-32(35-29)28-19-11-17-26-16-9-10-18-27(26)28)33(36-30)39(23-25-14-7-4-8-15-25)21-20-24-12-5-3-6-13-24/h3-19,22H,2,20-21,23H2,1H3,(H,35,38)(H,36,37,40). The summed E-state index contributed by atoms with van der Waals surface area (Å²) >= 11 is 0. The van der Waals surface area contributed by atoms with Gasteiger partial charge in [0.2, 0.25) is 0 Å². The fraction of sp³-hybridized carbons (Fsp3) is 0.147. The van der Waals surface area contributed by atoms with Crippen LogP contribution in [-0.4, -0.2) is 34.2 Å². The largest absolute Gasteiger partial charge is 0.450 e. The minimum atomic E-state index is -0.544. The summed E-state index contributed by atoms with van der Waals surface area (Å²) in [6.45, 7) is 3.39. The normalized spacial score (nSPS) is 11.0. The third-order valence-corrected chi connectivity index (χ3v) is 7.03. The number of hydrogen-bond donors (Lipinski definition) is 2. The molecule has 0 aliphatic rings. The van der Waals surface area contributed by atoms with Crippen LogP contribution in [0.1, 0.15) is 18.1 Å². The van der Waals surface area contributed by atoms with Gasteiger partial charge in [-0.3, -0.25) is 5.32 Å². The average Bonchev–Trinajstić information content (AvgIpc) is 3.44. The van der Waals surface area contributed by atoms with Crippen molar-refractivity contribution in [2.45, 2.75) is 19.9 Å². The molecule has 204 valence electrons. The fourth-order valence-corrected chi connectivity index (χ4v) is 5.09. The van der Waals surface area contributed by atoms with Crippen molar-refractivity contribution in [2.75, 3.05) is 23.4 Å². The van der Waals surface area contributed by atoms with Crippen molar-refractivity contribution < 1.29 is 9.53 Å². The molecule has 0 spiro atoms. The molecule has 1 amide bonds. The summed E-state index contributed by atoms with van der Waals surface area (Å²) in [6, 6.07) is 37.0. The van der Waals surface area contributed by atoms with E-state index in [1.54, 1.807) is 6.92 Å². The first-order chi connectivity index (χ1) is 20.2. The predicted molar refractivity (Wildman–Crippen MR) is 165 cm³/mol. The maximum atomic E-state index is 12.4. The van der Waals surface area contributed by atoms with E-state index < -0.39 is 6.09 Å². The fourth-order valence-electron chi connectivity index (χ4n) is 5.09. The Hall–Kier alpha value is -5.17. The highest BCUT2D eigenvalue weighted by molar-refractivity contribution is 5.99. The summed E-state index contributed by atoms with van der Waals surface area (Å²) in [5, 5.41) is 5.05. The molecule has 0 aliphatic heterocycles. The van der Waals surface area contributed by atoms with Crippen molar-refractivity contribution in [3.8, 4) is 11.4 Å². The quantitative estimate of drug-likeness (QED) is 0.197. The van der Waals surface area contributed by atoms with Gasteiger partial charge in [-0.25, -0.2) is 14.8 Å². The van der Waals surface area contributed by atoms with Crippen LogP contribution < -0.4 is 10.2 Å². The summed E-state index contributed by atoms with van der Waals surface area (Å²) in [4.78, 5) is 28.2. The number of H-pyrrole nitrogens is 1. The molecule has 0 radical (unpaired) electrons. The highest BCUT2D eigenvalue weighted by atomic mass is 16.5. The molecular weight excluding hydrogens is 510 g/mol. The van der Waals surface area contributed by atoms with Crippen molar-refractivity contribution in [1.29, 1.82) is 0 Å². The van der Waals surface area contributed by atoms with Crippen molar-refractivity contribution >= 4 is 39.5 Å². The molecule has 0 saturated heterocycles. The highest BCUT2D eigenvalue weighted by Crippen LogP contribution is 2.33. The van der Waals surface area contributed by atoms with E-state index in [-0.39, 0.29) is 6.61 Å². The molecule has 0 atom stereocenters. The number of aromatic amines is 1. The number of benzene rings is 4. The summed E-state index contributed by atoms with van der Waals surface area (Å²) in [5.41, 5.74) is 4.92. The van der Waals surface area contributed by atoms with Crippen molar-refractivity contribution in [3.05, 3.63) is 120 Å². The van der Waals surface area contributed by atoms with Crippen molar-refractivity contribution in [3.63, 3.8) is 0 Å². The maximum absolute atomic E-state index is 12.4. The molecule has 0 unspecified atom stereocenters. The Bertz CT molecular complexity index is 1780. The maximum Gasteiger partial charge on any atom is 0.412 e. The monoisotopic (exact) mass is 541 g/mol. The number of nitrogens with zero attached hydrogens (tertiary/aromatic N) is 3. The molecule has 4 aromatic carbocycles. The van der Waals surface area contributed by atoms with Gasteiger partial charge in [0, 0.05) is 24.7 Å². The van der Waals surface area contributed by atoms with Crippen LogP contribution in [-0.2, 0) is 17.7 Å². The first-order valence-corrected chi connectivity index (χ1v) is 13.8. The minimum Gasteiger partial charge on any atom is -0.450 e. The second-order valence-electron chi connectivity index (χ2n) is 9.83. The van der Waals surface area contributed by atoms with E-state index in [9.17, 15) is 4.79 Å². The number of anilines is 2. The van der Waals surface area contributed by atoms with Crippen LogP contribution in [0.4, 0.5) is 16.4 Å². The first kappa shape index (κ1) is 26.1. The van der Waals surface area contributed by atoms with Crippen LogP contribution in [0.25, 0.3) is 33.2 Å². The van der Waals surface area contributed by atoms with Gasteiger partial charge < -0.3 is 14.6 Å². The van der Waals surface area contributed by atoms with E-state index in [4.69, 9.17) is 14.7 Å². The van der Waals surface area contributed by atoms with Crippen LogP contribution in [0.5, 0.6) is 0 Å². The lowest BCUT2D eigenvalue weighted by molar-refractivity contribution is 0.168. The molecule has 6 rings (SSSR count). The summed E-state index contributed by atoms with van der Waals surface area (Å²) in [6.07, 6.45) is 0.283. The Balaban J connectivity index is 1.48. The van der Waals surface area contributed by atoms with Gasteiger partial charge in [-0.15, -0.1) is 0 Å². The topological polar surface area (TPSA) is 83.1 Å². The van der Waals surface area contributed by atoms with Crippen LogP contribution in [0, 0.1) is 0 Å². The first-order valence-electron chi connectivity index (χ1n) is 13.8. The summed E-state index contributed by atoms with van der Waals surface area (Å²) < 4.78 is 5.15. The molecule has 2 heterocycles. The Labute approximate surface area is 238 Å². The summed E-state index contributed by atoms with van der Waals surface area (Å²) in [5.74, 6) is 1.84. The Morgan fingerprint density at radius 2 is 1.56 bits per heavy atom. The van der Waals surface area contributed by atoms with Crippen molar-refractivity contribution in [1.82, 2.24) is 15.0 Å². The smallest absolute Gasteiger partial charge is 0.412 e. The molecule has 2 N–H and O–H groups in total. The molecule has 6 aromatic rings. The van der Waals surface area contributed by atoms with E-state index in [0.717, 1.165) is 45.2 Å². The predicted octanol–water partition coefficient (Wildman–Crippen LogP) is 7.60. The molecule has 0 fully saturated rings. The third-order valence-electron chi connectivity index (χ3n) is 7.03. The van der Waals surface area contributed by atoms with E-state index in [1.807, 2.05) is 48.5 Å². The molecule has 2 aromatic heterocycles. The molecule has 41 heavy (non-hydrogen) atoms. The number of hydrogen-bond acceptors (Lipinski definition) is 5. The number of carbonyl (C=O) groups is 1. The van der Waals surface area contributed by atoms with Crippen LogP contribution in [0.2, 0.25) is 0 Å².